The molecule has 0 amide bonds. The molecule has 2 unspecified atom stereocenters. The number of piperazine rings is 1. The normalized spacial score (nSPS) is 23.2. The number of nitrogens with zero attached hydrogens (tertiary/aromatic N) is 3. The molecule has 0 radical (unpaired) electrons. The highest BCUT2D eigenvalue weighted by molar-refractivity contribution is 7.88. The average molecular weight is 380 g/mol. The van der Waals surface area contributed by atoms with Gasteiger partial charge in [0.15, 0.2) is 0 Å². The lowest BCUT2D eigenvalue weighted by Crippen LogP contribution is -2.63. The fourth-order valence-electron chi connectivity index (χ4n) is 3.52. The second-order valence-electron chi connectivity index (χ2n) is 9.39. The fraction of sp³-hybridized carbons (Fsp3) is 1.00. The summed E-state index contributed by atoms with van der Waals surface area (Å²) in [7, 11) is -3.32. The van der Waals surface area contributed by atoms with E-state index in [1.54, 1.807) is 4.31 Å². The summed E-state index contributed by atoms with van der Waals surface area (Å²) < 4.78 is 39.2. The van der Waals surface area contributed by atoms with Gasteiger partial charge in [0.25, 0.3) is 0 Å². The zero-order valence-corrected chi connectivity index (χ0v) is 18.2. The Bertz CT molecular complexity index is 525. The zero-order chi connectivity index (χ0) is 19.6. The van der Waals surface area contributed by atoms with Crippen LogP contribution < -0.4 is 0 Å². The summed E-state index contributed by atoms with van der Waals surface area (Å²) >= 11 is 0. The Labute approximate surface area is 154 Å². The van der Waals surface area contributed by atoms with Crippen molar-refractivity contribution in [3.8, 4) is 0 Å². The van der Waals surface area contributed by atoms with Crippen molar-refractivity contribution in [1.29, 1.82) is 0 Å². The minimum Gasteiger partial charge on any atom is -0.298 e. The smallest absolute Gasteiger partial charge is 0.211 e. The zero-order valence-electron chi connectivity index (χ0n) is 17.3. The quantitative estimate of drug-likeness (QED) is 0.711. The maximum absolute atomic E-state index is 12.8. The third kappa shape index (κ3) is 6.45. The van der Waals surface area contributed by atoms with Crippen molar-refractivity contribution in [2.45, 2.75) is 66.1 Å². The molecule has 1 fully saturated rings. The van der Waals surface area contributed by atoms with Crippen molar-refractivity contribution < 1.29 is 12.8 Å². The van der Waals surface area contributed by atoms with Gasteiger partial charge in [-0.2, -0.15) is 4.31 Å². The molecule has 2 atom stereocenters. The van der Waals surface area contributed by atoms with Gasteiger partial charge in [0.05, 0.1) is 6.26 Å². The van der Waals surface area contributed by atoms with Crippen LogP contribution in [0.25, 0.3) is 0 Å². The molecule has 1 aliphatic rings. The van der Waals surface area contributed by atoms with E-state index in [1.807, 2.05) is 20.8 Å². The second kappa shape index (κ2) is 8.19. The summed E-state index contributed by atoms with van der Waals surface area (Å²) in [6.07, 6.45) is 1.28. The van der Waals surface area contributed by atoms with Gasteiger partial charge >= 0.3 is 0 Å². The minimum absolute atomic E-state index is 0.0588. The molecule has 0 aromatic heterocycles. The van der Waals surface area contributed by atoms with E-state index in [4.69, 9.17) is 0 Å². The van der Waals surface area contributed by atoms with Crippen LogP contribution in [0.3, 0.4) is 0 Å². The molecule has 0 aromatic rings. The van der Waals surface area contributed by atoms with Gasteiger partial charge in [0, 0.05) is 50.3 Å². The average Bonchev–Trinajstić information content (AvgIpc) is 2.41. The Hall–Kier alpha value is -0.240. The number of hydrogen-bond acceptors (Lipinski definition) is 4. The van der Waals surface area contributed by atoms with Gasteiger partial charge < -0.3 is 0 Å². The van der Waals surface area contributed by atoms with Crippen LogP contribution in [0, 0.1) is 5.41 Å². The van der Waals surface area contributed by atoms with E-state index in [0.29, 0.717) is 25.7 Å². The summed E-state index contributed by atoms with van der Waals surface area (Å²) in [5, 5.41) is 0. The van der Waals surface area contributed by atoms with Crippen molar-refractivity contribution >= 4 is 10.0 Å². The Morgan fingerprint density at radius 3 is 2.12 bits per heavy atom. The van der Waals surface area contributed by atoms with Crippen molar-refractivity contribution in [3.63, 3.8) is 0 Å². The predicted molar refractivity (Wildman–Crippen MR) is 103 cm³/mol. The van der Waals surface area contributed by atoms with Crippen molar-refractivity contribution in [2.24, 2.45) is 5.41 Å². The van der Waals surface area contributed by atoms with E-state index in [0.717, 1.165) is 13.1 Å². The Morgan fingerprint density at radius 1 is 1.16 bits per heavy atom. The third-order valence-corrected chi connectivity index (χ3v) is 6.79. The van der Waals surface area contributed by atoms with Crippen molar-refractivity contribution in [2.75, 3.05) is 45.7 Å². The van der Waals surface area contributed by atoms with Crippen LogP contribution in [0.2, 0.25) is 0 Å². The van der Waals surface area contributed by atoms with E-state index in [2.05, 4.69) is 37.5 Å². The SMILES string of the molecule is CC(N1CCN(CCF)CC1CN(C(C)(C)C)S(C)(=O)=O)C(C)(C)C. The lowest BCUT2D eigenvalue weighted by molar-refractivity contribution is -0.00537. The van der Waals surface area contributed by atoms with E-state index in [-0.39, 0.29) is 18.1 Å². The highest BCUT2D eigenvalue weighted by Crippen LogP contribution is 2.29. The fourth-order valence-corrected chi connectivity index (χ4v) is 4.96. The Balaban J connectivity index is 3.11. The van der Waals surface area contributed by atoms with Gasteiger partial charge in [-0.1, -0.05) is 20.8 Å². The van der Waals surface area contributed by atoms with Crippen LogP contribution in [-0.2, 0) is 10.0 Å². The molecular weight excluding hydrogens is 341 g/mol. The highest BCUT2D eigenvalue weighted by Gasteiger charge is 2.39. The van der Waals surface area contributed by atoms with Gasteiger partial charge in [0.2, 0.25) is 10.0 Å². The number of alkyl halides is 1. The molecule has 0 aromatic carbocycles. The molecule has 7 heteroatoms. The summed E-state index contributed by atoms with van der Waals surface area (Å²) in [5.41, 5.74) is -0.384. The predicted octanol–water partition coefficient (Wildman–Crippen LogP) is 2.44. The van der Waals surface area contributed by atoms with Crippen LogP contribution in [-0.4, -0.2) is 85.8 Å². The van der Waals surface area contributed by atoms with Crippen LogP contribution in [0.5, 0.6) is 0 Å². The molecule has 1 aliphatic heterocycles. The van der Waals surface area contributed by atoms with Crippen molar-refractivity contribution in [3.05, 3.63) is 0 Å². The van der Waals surface area contributed by atoms with Gasteiger partial charge in [0.1, 0.15) is 6.67 Å². The largest absolute Gasteiger partial charge is 0.298 e. The summed E-state index contributed by atoms with van der Waals surface area (Å²) in [4.78, 5) is 4.53. The van der Waals surface area contributed by atoms with E-state index < -0.39 is 15.6 Å². The molecule has 1 saturated heterocycles. The molecule has 1 rings (SSSR count). The first-order valence-corrected chi connectivity index (χ1v) is 11.0. The first-order valence-electron chi connectivity index (χ1n) is 9.20. The van der Waals surface area contributed by atoms with E-state index in [1.165, 1.54) is 6.26 Å². The lowest BCUT2D eigenvalue weighted by Gasteiger charge is -2.50. The van der Waals surface area contributed by atoms with Crippen LogP contribution in [0.1, 0.15) is 48.5 Å². The number of rotatable bonds is 6. The highest BCUT2D eigenvalue weighted by atomic mass is 32.2. The topological polar surface area (TPSA) is 43.9 Å². The summed E-state index contributed by atoms with van der Waals surface area (Å²) in [6, 6.07) is 0.370. The molecule has 0 spiro atoms. The minimum atomic E-state index is -3.32. The monoisotopic (exact) mass is 379 g/mol. The van der Waals surface area contributed by atoms with Crippen molar-refractivity contribution in [1.82, 2.24) is 14.1 Å². The molecule has 0 N–H and O–H groups in total. The van der Waals surface area contributed by atoms with Crippen LogP contribution in [0.4, 0.5) is 4.39 Å². The number of hydrogen-bond donors (Lipinski definition) is 0. The first-order chi connectivity index (χ1) is 11.2. The van der Waals surface area contributed by atoms with Crippen LogP contribution in [0.15, 0.2) is 0 Å². The van der Waals surface area contributed by atoms with Gasteiger partial charge in [-0.15, -0.1) is 0 Å². The van der Waals surface area contributed by atoms with Gasteiger partial charge in [-0.25, -0.2) is 12.8 Å². The number of sulfonamides is 1. The van der Waals surface area contributed by atoms with E-state index >= 15 is 0 Å². The van der Waals surface area contributed by atoms with Gasteiger partial charge in [-0.05, 0) is 33.1 Å². The molecule has 0 aliphatic carbocycles. The molecular formula is C18H38FN3O2S. The first kappa shape index (κ1) is 22.8. The molecule has 25 heavy (non-hydrogen) atoms. The summed E-state index contributed by atoms with van der Waals surface area (Å²) in [6.45, 7) is 17.5. The number of halogens is 1. The standard InChI is InChI=1S/C18H38FN3O2S/c1-15(17(2,3)4)21-12-11-20(10-9-19)13-16(21)14-22(18(5,6)7)25(8,23)24/h15-16H,9-14H2,1-8H3. The third-order valence-electron chi connectivity index (χ3n) is 5.29. The maximum Gasteiger partial charge on any atom is 0.211 e. The molecule has 5 nitrogen and oxygen atoms in total. The molecule has 0 bridgehead atoms. The Morgan fingerprint density at radius 2 is 1.72 bits per heavy atom. The Kier molecular flexibility index (Phi) is 7.47. The lowest BCUT2D eigenvalue weighted by atomic mass is 9.85. The van der Waals surface area contributed by atoms with Gasteiger partial charge in [-0.3, -0.25) is 9.80 Å². The second-order valence-corrected chi connectivity index (χ2v) is 11.3. The van der Waals surface area contributed by atoms with Crippen LogP contribution >= 0.6 is 0 Å². The molecule has 0 saturated carbocycles. The maximum atomic E-state index is 12.8. The van der Waals surface area contributed by atoms with E-state index in [9.17, 15) is 12.8 Å². The summed E-state index contributed by atoms with van der Waals surface area (Å²) in [5.74, 6) is 0. The molecule has 1 heterocycles. The molecule has 150 valence electrons.